The summed E-state index contributed by atoms with van der Waals surface area (Å²) in [5.74, 6) is 0.616. The maximum atomic E-state index is 12.6. The van der Waals surface area contributed by atoms with E-state index >= 15 is 0 Å². The highest BCUT2D eigenvalue weighted by atomic mass is 28.4. The second-order valence-electron chi connectivity index (χ2n) is 12.2. The first kappa shape index (κ1) is 23.3. The topological polar surface area (TPSA) is 70.3 Å². The number of carbonyl (C=O) groups is 1. The smallest absolute Gasteiger partial charge is 0.192 e. The Balaban J connectivity index is 2.06. The van der Waals surface area contributed by atoms with E-state index in [4.69, 9.17) is 4.43 Å². The van der Waals surface area contributed by atoms with Gasteiger partial charge in [-0.2, -0.15) is 5.26 Å². The van der Waals surface area contributed by atoms with E-state index < -0.39 is 13.7 Å². The summed E-state index contributed by atoms with van der Waals surface area (Å²) in [6.45, 7) is 18.3. The molecule has 0 saturated heterocycles. The van der Waals surface area contributed by atoms with Crippen molar-refractivity contribution < 1.29 is 14.3 Å². The molecule has 0 radical (unpaired) electrons. The average molecular weight is 430 g/mol. The summed E-state index contributed by atoms with van der Waals surface area (Å²) in [5, 5.41) is 20.7. The maximum Gasteiger partial charge on any atom is 0.192 e. The zero-order chi connectivity index (χ0) is 22.8. The van der Waals surface area contributed by atoms with Gasteiger partial charge >= 0.3 is 0 Å². The molecule has 4 nitrogen and oxygen atoms in total. The van der Waals surface area contributed by atoms with Crippen LogP contribution in [0.15, 0.2) is 23.0 Å². The highest BCUT2D eigenvalue weighted by molar-refractivity contribution is 6.74. The standard InChI is InChI=1S/C25H39NO3Si/c1-22(2,3)30(7,8)29-16-25-11-9-18(27)13-20(25)24(6)14-17(15-26)21(28)23(4,5)19(24)10-12-25/h13,19,28H,9-12,14,16H2,1-8H3/t19-,24-,25+/m0/s1. The molecule has 5 heteroatoms. The summed E-state index contributed by atoms with van der Waals surface area (Å²) in [4.78, 5) is 12.6. The Hall–Kier alpha value is -1.38. The van der Waals surface area contributed by atoms with Crippen LogP contribution >= 0.6 is 0 Å². The molecular weight excluding hydrogens is 390 g/mol. The first-order valence-corrected chi connectivity index (χ1v) is 14.2. The van der Waals surface area contributed by atoms with Crippen LogP contribution in [0.25, 0.3) is 0 Å². The van der Waals surface area contributed by atoms with Crippen LogP contribution in [-0.4, -0.2) is 25.8 Å². The molecule has 0 heterocycles. The molecule has 0 unspecified atom stereocenters. The lowest BCUT2D eigenvalue weighted by atomic mass is 9.44. The van der Waals surface area contributed by atoms with Crippen molar-refractivity contribution in [2.75, 3.05) is 6.61 Å². The van der Waals surface area contributed by atoms with E-state index in [-0.39, 0.29) is 33.3 Å². The molecule has 1 N–H and O–H groups in total. The number of nitrogens with zero attached hydrogens (tertiary/aromatic N) is 1. The number of aliphatic hydroxyl groups is 1. The molecule has 1 fully saturated rings. The van der Waals surface area contributed by atoms with Crippen LogP contribution in [0.4, 0.5) is 0 Å². The third-order valence-electron chi connectivity index (χ3n) is 8.98. The van der Waals surface area contributed by atoms with Crippen molar-refractivity contribution in [3.05, 3.63) is 23.0 Å². The van der Waals surface area contributed by atoms with Crippen LogP contribution in [0.2, 0.25) is 18.1 Å². The SMILES string of the molecule is CC1(C)C(O)=C(C#N)C[C@]2(C)C3=CC(=O)CC[C@]3(CO[Si](C)(C)C(C)(C)C)CC[C@@H]12. The summed E-state index contributed by atoms with van der Waals surface area (Å²) >= 11 is 0. The maximum absolute atomic E-state index is 12.6. The number of hydrogen-bond donors (Lipinski definition) is 1. The van der Waals surface area contributed by atoms with Crippen LogP contribution in [0, 0.1) is 33.5 Å². The molecular formula is C25H39NO3Si. The third-order valence-corrected chi connectivity index (χ3v) is 13.5. The van der Waals surface area contributed by atoms with Gasteiger partial charge < -0.3 is 9.53 Å². The lowest BCUT2D eigenvalue weighted by molar-refractivity contribution is -0.117. The first-order valence-electron chi connectivity index (χ1n) is 11.3. The second-order valence-corrected chi connectivity index (χ2v) is 17.0. The average Bonchev–Trinajstić information content (AvgIpc) is 2.63. The fourth-order valence-electron chi connectivity index (χ4n) is 6.07. The van der Waals surface area contributed by atoms with Gasteiger partial charge in [-0.05, 0) is 61.2 Å². The molecule has 0 bridgehead atoms. The van der Waals surface area contributed by atoms with Gasteiger partial charge in [0, 0.05) is 23.9 Å². The Morgan fingerprint density at radius 2 is 1.90 bits per heavy atom. The summed E-state index contributed by atoms with van der Waals surface area (Å²) in [7, 11) is -1.93. The first-order chi connectivity index (χ1) is 13.6. The Labute approximate surface area is 183 Å². The van der Waals surface area contributed by atoms with Gasteiger partial charge in [-0.3, -0.25) is 4.79 Å². The number of hydrogen-bond acceptors (Lipinski definition) is 4. The van der Waals surface area contributed by atoms with Gasteiger partial charge in [0.2, 0.25) is 0 Å². The minimum Gasteiger partial charge on any atom is -0.511 e. The molecule has 3 aliphatic rings. The molecule has 30 heavy (non-hydrogen) atoms. The molecule has 0 aromatic heterocycles. The zero-order valence-corrected chi connectivity index (χ0v) is 21.1. The monoisotopic (exact) mass is 429 g/mol. The lowest BCUT2D eigenvalue weighted by Gasteiger charge is -2.60. The van der Waals surface area contributed by atoms with E-state index in [1.807, 2.05) is 19.9 Å². The molecule has 0 amide bonds. The van der Waals surface area contributed by atoms with E-state index in [9.17, 15) is 15.2 Å². The van der Waals surface area contributed by atoms with Crippen molar-refractivity contribution in [2.24, 2.45) is 22.2 Å². The summed E-state index contributed by atoms with van der Waals surface area (Å²) in [6.07, 6.45) is 5.73. The van der Waals surface area contributed by atoms with Gasteiger partial charge in [-0.25, -0.2) is 0 Å². The Kier molecular flexibility index (Phi) is 5.48. The van der Waals surface area contributed by atoms with E-state index in [1.54, 1.807) is 0 Å². The van der Waals surface area contributed by atoms with Gasteiger partial charge in [0.25, 0.3) is 0 Å². The highest BCUT2D eigenvalue weighted by Crippen LogP contribution is 2.66. The number of fused-ring (bicyclic) bond motifs is 3. The number of ketones is 1. The molecule has 3 atom stereocenters. The van der Waals surface area contributed by atoms with Crippen LogP contribution in [0.3, 0.4) is 0 Å². The van der Waals surface area contributed by atoms with E-state index in [2.05, 4.69) is 46.9 Å². The third kappa shape index (κ3) is 3.41. The predicted octanol–water partition coefficient (Wildman–Crippen LogP) is 6.47. The second kappa shape index (κ2) is 7.07. The molecule has 3 rings (SSSR count). The van der Waals surface area contributed by atoms with Gasteiger partial charge in [-0.15, -0.1) is 0 Å². The van der Waals surface area contributed by atoms with Crippen molar-refractivity contribution >= 4 is 14.1 Å². The van der Waals surface area contributed by atoms with Crippen LogP contribution in [0.5, 0.6) is 0 Å². The number of carbonyl (C=O) groups excluding carboxylic acids is 1. The molecule has 0 aromatic rings. The van der Waals surface area contributed by atoms with E-state index in [1.165, 1.54) is 5.57 Å². The minimum absolute atomic E-state index is 0.133. The molecule has 0 aromatic carbocycles. The highest BCUT2D eigenvalue weighted by Gasteiger charge is 2.60. The molecule has 0 spiro atoms. The fourth-order valence-corrected chi connectivity index (χ4v) is 7.14. The van der Waals surface area contributed by atoms with Crippen molar-refractivity contribution in [2.45, 2.75) is 91.8 Å². The number of allylic oxidation sites excluding steroid dienone is 3. The van der Waals surface area contributed by atoms with Gasteiger partial charge in [0.05, 0.1) is 11.6 Å². The minimum atomic E-state index is -1.93. The number of rotatable bonds is 3. The fraction of sp³-hybridized carbons (Fsp3) is 0.760. The predicted molar refractivity (Wildman–Crippen MR) is 122 cm³/mol. The number of aliphatic hydroxyl groups excluding tert-OH is 1. The largest absolute Gasteiger partial charge is 0.511 e. The van der Waals surface area contributed by atoms with Gasteiger partial charge in [0.15, 0.2) is 14.1 Å². The van der Waals surface area contributed by atoms with Gasteiger partial charge in [0.1, 0.15) is 5.76 Å². The molecule has 1 saturated carbocycles. The molecule has 166 valence electrons. The van der Waals surface area contributed by atoms with Crippen molar-refractivity contribution in [3.8, 4) is 6.07 Å². The normalized spacial score (nSPS) is 34.0. The molecule has 3 aliphatic carbocycles. The number of nitriles is 1. The zero-order valence-electron chi connectivity index (χ0n) is 20.1. The van der Waals surface area contributed by atoms with Crippen LogP contribution < -0.4 is 0 Å². The van der Waals surface area contributed by atoms with Crippen LogP contribution in [0.1, 0.15) is 73.6 Å². The van der Waals surface area contributed by atoms with E-state index in [0.29, 0.717) is 25.0 Å². The summed E-state index contributed by atoms with van der Waals surface area (Å²) < 4.78 is 6.74. The van der Waals surface area contributed by atoms with E-state index in [0.717, 1.165) is 19.3 Å². The van der Waals surface area contributed by atoms with Crippen molar-refractivity contribution in [1.82, 2.24) is 0 Å². The van der Waals surface area contributed by atoms with Crippen molar-refractivity contribution in [1.29, 1.82) is 5.26 Å². The Morgan fingerprint density at radius 3 is 2.47 bits per heavy atom. The lowest BCUT2D eigenvalue weighted by Crippen LogP contribution is -2.55. The molecule has 0 aliphatic heterocycles. The Morgan fingerprint density at radius 1 is 1.27 bits per heavy atom. The van der Waals surface area contributed by atoms with Crippen molar-refractivity contribution in [3.63, 3.8) is 0 Å². The summed E-state index contributed by atoms with van der Waals surface area (Å²) in [5.41, 5.74) is 0.712. The summed E-state index contributed by atoms with van der Waals surface area (Å²) in [6, 6.07) is 2.26. The van der Waals surface area contributed by atoms with Gasteiger partial charge in [-0.1, -0.05) is 47.1 Å². The van der Waals surface area contributed by atoms with Crippen LogP contribution in [-0.2, 0) is 9.22 Å². The Bertz CT molecular complexity index is 855. The quantitative estimate of drug-likeness (QED) is 0.522.